The molecule has 0 aliphatic carbocycles. The van der Waals surface area contributed by atoms with Crippen molar-refractivity contribution in [2.24, 2.45) is 0 Å². The molecular weight excluding hydrogens is 338 g/mol. The number of fused-ring (bicyclic) bond motifs is 1. The van der Waals surface area contributed by atoms with E-state index in [1.54, 1.807) is 39.8 Å². The highest BCUT2D eigenvalue weighted by atomic mass is 35.5. The fourth-order valence-corrected chi connectivity index (χ4v) is 3.20. The Morgan fingerprint density at radius 1 is 1.35 bits per heavy atom. The van der Waals surface area contributed by atoms with Gasteiger partial charge in [0.05, 0.1) is 21.2 Å². The average Bonchev–Trinajstić information content (AvgIpc) is 2.91. The number of aromatic nitrogens is 1. The number of nitrogens with zero attached hydrogens (tertiary/aromatic N) is 1. The summed E-state index contributed by atoms with van der Waals surface area (Å²) in [6.45, 7) is 11.0. The van der Waals surface area contributed by atoms with Gasteiger partial charge in [-0.1, -0.05) is 18.2 Å². The highest BCUT2D eigenvalue weighted by Gasteiger charge is 2.26. The van der Waals surface area contributed by atoms with Crippen LogP contribution in [0, 0.1) is 0 Å². The smallest absolute Gasteiger partial charge is 0.355 e. The number of hydrogen-bond acceptors (Lipinski definition) is 5. The van der Waals surface area contributed by atoms with Gasteiger partial charge in [0.15, 0.2) is 0 Å². The average molecular weight is 356 g/mol. The van der Waals surface area contributed by atoms with E-state index in [-0.39, 0.29) is 18.0 Å². The molecule has 0 radical (unpaired) electrons. The van der Waals surface area contributed by atoms with Crippen molar-refractivity contribution in [3.8, 4) is 0 Å². The molecule has 0 saturated carbocycles. The Morgan fingerprint density at radius 2 is 2.00 bits per heavy atom. The Hall–Kier alpha value is -1.79. The second-order valence-electron chi connectivity index (χ2n) is 5.83. The van der Waals surface area contributed by atoms with Crippen LogP contribution in [0.4, 0.5) is 0 Å². The van der Waals surface area contributed by atoms with Gasteiger partial charge in [-0.05, 0) is 39.8 Å². The van der Waals surface area contributed by atoms with Gasteiger partial charge in [-0.2, -0.15) is 0 Å². The maximum absolute atomic E-state index is 12.3. The Bertz CT molecular complexity index is 782. The second-order valence-corrected chi connectivity index (χ2v) is 7.55. The van der Waals surface area contributed by atoms with Gasteiger partial charge < -0.3 is 9.47 Å². The molecule has 7 heteroatoms. The minimum absolute atomic E-state index is 0.0347. The summed E-state index contributed by atoms with van der Waals surface area (Å²) in [5.41, 5.74) is 0.217. The van der Waals surface area contributed by atoms with E-state index in [1.165, 1.54) is 15.9 Å². The lowest BCUT2D eigenvalue weighted by Crippen LogP contribution is -2.26. The fraction of sp³-hybridized carbons (Fsp3) is 0.375. The van der Waals surface area contributed by atoms with E-state index in [1.807, 2.05) is 0 Å². The number of thiophene rings is 1. The van der Waals surface area contributed by atoms with Crippen LogP contribution in [0.25, 0.3) is 15.9 Å². The topological polar surface area (TPSA) is 57.5 Å². The molecule has 0 spiro atoms. The molecule has 2 aromatic heterocycles. The van der Waals surface area contributed by atoms with Gasteiger partial charge in [0.1, 0.15) is 17.0 Å². The zero-order chi connectivity index (χ0) is 17.4. The largest absolute Gasteiger partial charge is 0.461 e. The monoisotopic (exact) mass is 355 g/mol. The van der Waals surface area contributed by atoms with Crippen LogP contribution in [0.15, 0.2) is 18.7 Å². The molecule has 5 nitrogen and oxygen atoms in total. The molecule has 0 aromatic carbocycles. The molecule has 0 aliphatic rings. The summed E-state index contributed by atoms with van der Waals surface area (Å²) in [6.07, 6.45) is 0. The summed E-state index contributed by atoms with van der Waals surface area (Å²) in [7, 11) is 0. The van der Waals surface area contributed by atoms with Crippen LogP contribution in [-0.4, -0.2) is 28.7 Å². The molecule has 23 heavy (non-hydrogen) atoms. The van der Waals surface area contributed by atoms with Crippen molar-refractivity contribution in [1.82, 2.24) is 4.57 Å². The van der Waals surface area contributed by atoms with Gasteiger partial charge in [-0.15, -0.1) is 11.3 Å². The number of carbonyl (C=O) groups excluding carboxylic acids is 2. The molecule has 124 valence electrons. The van der Waals surface area contributed by atoms with E-state index < -0.39 is 17.5 Å². The summed E-state index contributed by atoms with van der Waals surface area (Å²) in [6, 6.07) is 3.32. The minimum atomic E-state index is -0.664. The predicted octanol–water partition coefficient (Wildman–Crippen LogP) is 4.35. The van der Waals surface area contributed by atoms with Crippen molar-refractivity contribution in [3.63, 3.8) is 0 Å². The lowest BCUT2D eigenvalue weighted by atomic mass is 10.2. The van der Waals surface area contributed by atoms with Crippen LogP contribution in [-0.2, 0) is 14.3 Å². The van der Waals surface area contributed by atoms with E-state index in [0.29, 0.717) is 9.85 Å². The number of halogens is 1. The molecule has 0 atom stereocenters. The number of ether oxygens (including phenoxy) is 2. The first kappa shape index (κ1) is 17.6. The molecule has 0 fully saturated rings. The number of rotatable bonds is 4. The van der Waals surface area contributed by atoms with Crippen LogP contribution >= 0.6 is 22.9 Å². The third-order valence-corrected chi connectivity index (χ3v) is 4.05. The molecule has 0 saturated heterocycles. The second kappa shape index (κ2) is 6.37. The zero-order valence-corrected chi connectivity index (χ0v) is 15.0. The first-order valence-corrected chi connectivity index (χ1v) is 8.24. The molecule has 2 heterocycles. The zero-order valence-electron chi connectivity index (χ0n) is 13.4. The van der Waals surface area contributed by atoms with Gasteiger partial charge in [-0.3, -0.25) is 4.57 Å². The normalized spacial score (nSPS) is 11.5. The Morgan fingerprint density at radius 3 is 2.57 bits per heavy atom. The van der Waals surface area contributed by atoms with Crippen LogP contribution in [0.3, 0.4) is 0 Å². The van der Waals surface area contributed by atoms with Gasteiger partial charge in [0.2, 0.25) is 0 Å². The van der Waals surface area contributed by atoms with Gasteiger partial charge in [0, 0.05) is 0 Å². The summed E-state index contributed by atoms with van der Waals surface area (Å²) >= 11 is 7.33. The van der Waals surface area contributed by atoms with Gasteiger partial charge in [-0.25, -0.2) is 9.59 Å². The quantitative estimate of drug-likeness (QED) is 0.604. The Kier molecular flexibility index (Phi) is 4.87. The Balaban J connectivity index is 2.51. The standard InChI is InChI=1S/C16H18ClNO4S/c1-6-21-15(20)11-7-12-10(8-13(17)23-12)18(11)9(2)14(19)22-16(3,4)5/h7-8H,2,6H2,1,3-5H3. The highest BCUT2D eigenvalue weighted by Crippen LogP contribution is 2.34. The summed E-state index contributed by atoms with van der Waals surface area (Å²) in [5.74, 6) is -1.14. The molecule has 2 rings (SSSR count). The van der Waals surface area contributed by atoms with E-state index in [0.717, 1.165) is 4.70 Å². The molecule has 0 bridgehead atoms. The molecular formula is C16H18ClNO4S. The first-order chi connectivity index (χ1) is 10.6. The van der Waals surface area contributed by atoms with E-state index in [2.05, 4.69) is 6.58 Å². The van der Waals surface area contributed by atoms with Crippen molar-refractivity contribution in [1.29, 1.82) is 0 Å². The Labute approximate surface area is 143 Å². The lowest BCUT2D eigenvalue weighted by Gasteiger charge is -2.21. The van der Waals surface area contributed by atoms with Crippen LogP contribution in [0.5, 0.6) is 0 Å². The number of hydrogen-bond donors (Lipinski definition) is 0. The van der Waals surface area contributed by atoms with Crippen LogP contribution in [0.1, 0.15) is 38.2 Å². The van der Waals surface area contributed by atoms with Crippen molar-refractivity contribution in [2.45, 2.75) is 33.3 Å². The molecule has 0 N–H and O–H groups in total. The maximum Gasteiger partial charge on any atom is 0.355 e. The van der Waals surface area contributed by atoms with E-state index >= 15 is 0 Å². The first-order valence-electron chi connectivity index (χ1n) is 7.04. The van der Waals surface area contributed by atoms with Gasteiger partial charge >= 0.3 is 11.9 Å². The summed E-state index contributed by atoms with van der Waals surface area (Å²) < 4.78 is 13.1. The van der Waals surface area contributed by atoms with Crippen LogP contribution < -0.4 is 0 Å². The minimum Gasteiger partial charge on any atom is -0.461 e. The third kappa shape index (κ3) is 3.76. The summed E-state index contributed by atoms with van der Waals surface area (Å²) in [4.78, 5) is 24.5. The molecule has 0 aliphatic heterocycles. The molecule has 2 aromatic rings. The maximum atomic E-state index is 12.3. The third-order valence-electron chi connectivity index (χ3n) is 2.85. The molecule has 0 amide bonds. The van der Waals surface area contributed by atoms with E-state index in [9.17, 15) is 9.59 Å². The van der Waals surface area contributed by atoms with Crippen molar-refractivity contribution in [2.75, 3.05) is 6.61 Å². The predicted molar refractivity (Wildman–Crippen MR) is 92.0 cm³/mol. The van der Waals surface area contributed by atoms with Crippen molar-refractivity contribution in [3.05, 3.63) is 28.7 Å². The van der Waals surface area contributed by atoms with Crippen molar-refractivity contribution >= 4 is 50.8 Å². The molecule has 0 unspecified atom stereocenters. The van der Waals surface area contributed by atoms with E-state index in [4.69, 9.17) is 21.1 Å². The SMILES string of the molecule is C=C(C(=O)OC(C)(C)C)n1c(C(=O)OCC)cc2sc(Cl)cc21. The highest BCUT2D eigenvalue weighted by molar-refractivity contribution is 7.22. The fourth-order valence-electron chi connectivity index (χ4n) is 2.04. The number of esters is 2. The summed E-state index contributed by atoms with van der Waals surface area (Å²) in [5, 5.41) is 0. The number of carbonyl (C=O) groups is 2. The van der Waals surface area contributed by atoms with Gasteiger partial charge in [0.25, 0.3) is 0 Å². The lowest BCUT2D eigenvalue weighted by molar-refractivity contribution is -0.147. The van der Waals surface area contributed by atoms with Crippen molar-refractivity contribution < 1.29 is 19.1 Å². The van der Waals surface area contributed by atoms with Crippen LogP contribution in [0.2, 0.25) is 4.34 Å².